The van der Waals surface area contributed by atoms with Crippen molar-refractivity contribution in [1.82, 2.24) is 5.43 Å². The lowest BCUT2D eigenvalue weighted by Crippen LogP contribution is -2.20. The summed E-state index contributed by atoms with van der Waals surface area (Å²) in [7, 11) is 3.01. The van der Waals surface area contributed by atoms with Crippen molar-refractivity contribution in [2.75, 3.05) is 26.1 Å². The molecule has 2 amide bonds. The molecule has 4 aromatic rings. The Morgan fingerprint density at radius 3 is 2.27 bits per heavy atom. The van der Waals surface area contributed by atoms with Gasteiger partial charge < -0.3 is 24.3 Å². The maximum Gasteiger partial charge on any atom is 0.271 e. The number of benzene rings is 4. The maximum atomic E-state index is 12.7. The van der Waals surface area contributed by atoms with E-state index in [2.05, 4.69) is 15.8 Å². The summed E-state index contributed by atoms with van der Waals surface area (Å²) in [5.74, 6) is 1.07. The molecule has 2 N–H and O–H groups in total. The zero-order chi connectivity index (χ0) is 29.0. The SMILES string of the molecule is COc1cc(/C=N/NC(=O)c2ccc(OCc3ccccc3)c(OC)c2)ccc1OCC(=O)Nc1cccc(C)c1. The van der Waals surface area contributed by atoms with Gasteiger partial charge in [0.15, 0.2) is 29.6 Å². The van der Waals surface area contributed by atoms with Crippen LogP contribution in [0.5, 0.6) is 23.0 Å². The van der Waals surface area contributed by atoms with Crippen molar-refractivity contribution < 1.29 is 28.5 Å². The largest absolute Gasteiger partial charge is 0.493 e. The van der Waals surface area contributed by atoms with Gasteiger partial charge in [-0.15, -0.1) is 0 Å². The number of amides is 2. The van der Waals surface area contributed by atoms with Crippen molar-refractivity contribution >= 4 is 23.7 Å². The Kier molecular flexibility index (Phi) is 9.92. The molecule has 9 nitrogen and oxygen atoms in total. The third kappa shape index (κ3) is 8.34. The van der Waals surface area contributed by atoms with E-state index in [-0.39, 0.29) is 12.5 Å². The van der Waals surface area contributed by atoms with Crippen molar-refractivity contribution in [2.24, 2.45) is 5.10 Å². The number of nitrogens with one attached hydrogen (secondary N) is 2. The van der Waals surface area contributed by atoms with Crippen molar-refractivity contribution in [3.63, 3.8) is 0 Å². The van der Waals surface area contributed by atoms with Gasteiger partial charge in [0.05, 0.1) is 20.4 Å². The van der Waals surface area contributed by atoms with Crippen molar-refractivity contribution in [2.45, 2.75) is 13.5 Å². The number of ether oxygens (including phenoxy) is 4. The van der Waals surface area contributed by atoms with Gasteiger partial charge in [-0.05, 0) is 72.1 Å². The summed E-state index contributed by atoms with van der Waals surface area (Å²) in [5, 5.41) is 6.84. The average Bonchev–Trinajstić information content (AvgIpc) is 2.99. The van der Waals surface area contributed by atoms with E-state index in [1.54, 1.807) is 36.4 Å². The number of nitrogens with zero attached hydrogens (tertiary/aromatic N) is 1. The Morgan fingerprint density at radius 1 is 0.780 bits per heavy atom. The van der Waals surface area contributed by atoms with Gasteiger partial charge in [-0.25, -0.2) is 5.43 Å². The molecule has 0 bridgehead atoms. The van der Waals surface area contributed by atoms with Crippen LogP contribution in [0, 0.1) is 6.92 Å². The molecule has 210 valence electrons. The number of carbonyl (C=O) groups excluding carboxylic acids is 2. The lowest BCUT2D eigenvalue weighted by Gasteiger charge is -2.12. The normalized spacial score (nSPS) is 10.6. The molecule has 41 heavy (non-hydrogen) atoms. The van der Waals surface area contributed by atoms with Crippen LogP contribution in [-0.2, 0) is 11.4 Å². The van der Waals surface area contributed by atoms with E-state index in [1.165, 1.54) is 20.4 Å². The summed E-state index contributed by atoms with van der Waals surface area (Å²) in [6.07, 6.45) is 1.48. The molecule has 0 aliphatic rings. The Hall–Kier alpha value is -5.31. The molecule has 0 heterocycles. The average molecular weight is 554 g/mol. The van der Waals surface area contributed by atoms with Crippen molar-refractivity contribution in [3.05, 3.63) is 113 Å². The highest BCUT2D eigenvalue weighted by Gasteiger charge is 2.12. The van der Waals surface area contributed by atoms with E-state index >= 15 is 0 Å². The second-order valence-corrected chi connectivity index (χ2v) is 8.96. The summed E-state index contributed by atoms with van der Waals surface area (Å²) < 4.78 is 22.3. The fraction of sp³-hybridized carbons (Fsp3) is 0.156. The van der Waals surface area contributed by atoms with E-state index in [1.807, 2.05) is 61.5 Å². The number of anilines is 1. The van der Waals surface area contributed by atoms with Crippen LogP contribution in [0.2, 0.25) is 0 Å². The van der Waals surface area contributed by atoms with Crippen LogP contribution in [0.1, 0.15) is 27.0 Å². The molecule has 0 aliphatic carbocycles. The number of hydrogen-bond donors (Lipinski definition) is 2. The van der Waals surface area contributed by atoms with Gasteiger partial charge in [-0.1, -0.05) is 42.5 Å². The van der Waals surface area contributed by atoms with Crippen LogP contribution in [-0.4, -0.2) is 38.9 Å². The molecule has 9 heteroatoms. The lowest BCUT2D eigenvalue weighted by molar-refractivity contribution is -0.118. The number of hydrogen-bond acceptors (Lipinski definition) is 7. The molecule has 0 aromatic heterocycles. The van der Waals surface area contributed by atoms with E-state index < -0.39 is 5.91 Å². The standard InChI is InChI=1S/C32H31N3O6/c1-22-8-7-11-26(16-22)34-31(36)21-41-27-14-12-24(17-29(27)38-2)19-33-35-32(37)25-13-15-28(30(18-25)39-3)40-20-23-9-5-4-6-10-23/h4-19H,20-21H2,1-3H3,(H,34,36)(H,35,37)/b33-19+. The first-order valence-corrected chi connectivity index (χ1v) is 12.8. The maximum absolute atomic E-state index is 12.7. The number of aryl methyl sites for hydroxylation is 1. The molecular formula is C32H31N3O6. The van der Waals surface area contributed by atoms with Gasteiger partial charge in [-0.3, -0.25) is 9.59 Å². The first kappa shape index (κ1) is 28.7. The van der Waals surface area contributed by atoms with E-state index in [9.17, 15) is 9.59 Å². The highest BCUT2D eigenvalue weighted by atomic mass is 16.5. The van der Waals surface area contributed by atoms with Gasteiger partial charge in [0.1, 0.15) is 6.61 Å². The first-order chi connectivity index (χ1) is 19.9. The van der Waals surface area contributed by atoms with Crippen molar-refractivity contribution in [1.29, 1.82) is 0 Å². The Bertz CT molecular complexity index is 1520. The molecule has 4 aromatic carbocycles. The second kappa shape index (κ2) is 14.2. The third-order valence-electron chi connectivity index (χ3n) is 5.89. The summed E-state index contributed by atoms with van der Waals surface area (Å²) >= 11 is 0. The summed E-state index contributed by atoms with van der Waals surface area (Å²) in [4.78, 5) is 24.9. The van der Waals surface area contributed by atoms with Crippen molar-refractivity contribution in [3.8, 4) is 23.0 Å². The highest BCUT2D eigenvalue weighted by Crippen LogP contribution is 2.29. The van der Waals surface area contributed by atoms with E-state index in [0.29, 0.717) is 46.4 Å². The molecule has 0 saturated carbocycles. The van der Waals surface area contributed by atoms with Crippen LogP contribution < -0.4 is 29.7 Å². The highest BCUT2D eigenvalue weighted by molar-refractivity contribution is 5.95. The smallest absolute Gasteiger partial charge is 0.271 e. The van der Waals surface area contributed by atoms with Gasteiger partial charge in [-0.2, -0.15) is 5.10 Å². The minimum absolute atomic E-state index is 0.187. The van der Waals surface area contributed by atoms with Crippen LogP contribution in [0.25, 0.3) is 0 Å². The molecule has 0 fully saturated rings. The number of hydrazone groups is 1. The zero-order valence-electron chi connectivity index (χ0n) is 23.0. The Morgan fingerprint density at radius 2 is 1.51 bits per heavy atom. The molecule has 0 spiro atoms. The predicted octanol–water partition coefficient (Wildman–Crippen LogP) is 5.37. The summed E-state index contributed by atoms with van der Waals surface area (Å²) in [5.41, 5.74) is 6.28. The molecule has 0 atom stereocenters. The molecule has 0 radical (unpaired) electrons. The van der Waals surface area contributed by atoms with E-state index in [0.717, 1.165) is 11.1 Å². The van der Waals surface area contributed by atoms with Gasteiger partial charge in [0, 0.05) is 11.3 Å². The Labute approximate surface area is 238 Å². The van der Waals surface area contributed by atoms with E-state index in [4.69, 9.17) is 18.9 Å². The number of rotatable bonds is 12. The lowest BCUT2D eigenvalue weighted by atomic mass is 10.2. The molecule has 0 saturated heterocycles. The summed E-state index contributed by atoms with van der Waals surface area (Å²) in [6.45, 7) is 2.14. The fourth-order valence-corrected chi connectivity index (χ4v) is 3.84. The number of methoxy groups -OCH3 is 2. The van der Waals surface area contributed by atoms with Gasteiger partial charge in [0.25, 0.3) is 11.8 Å². The zero-order valence-corrected chi connectivity index (χ0v) is 23.0. The molecule has 0 aliphatic heterocycles. The minimum atomic E-state index is -0.416. The minimum Gasteiger partial charge on any atom is -0.493 e. The van der Waals surface area contributed by atoms with Gasteiger partial charge >= 0.3 is 0 Å². The molecular weight excluding hydrogens is 522 g/mol. The van der Waals surface area contributed by atoms with Crippen LogP contribution in [0.3, 0.4) is 0 Å². The first-order valence-electron chi connectivity index (χ1n) is 12.8. The monoisotopic (exact) mass is 553 g/mol. The number of carbonyl (C=O) groups is 2. The molecule has 0 unspecified atom stereocenters. The second-order valence-electron chi connectivity index (χ2n) is 8.96. The van der Waals surface area contributed by atoms with Gasteiger partial charge in [0.2, 0.25) is 0 Å². The van der Waals surface area contributed by atoms with Crippen LogP contribution in [0.15, 0.2) is 96.1 Å². The third-order valence-corrected chi connectivity index (χ3v) is 5.89. The van der Waals surface area contributed by atoms with Crippen LogP contribution in [0.4, 0.5) is 5.69 Å². The molecule has 4 rings (SSSR count). The Balaban J connectivity index is 1.31. The topological polar surface area (TPSA) is 107 Å². The predicted molar refractivity (Wildman–Crippen MR) is 157 cm³/mol. The quantitative estimate of drug-likeness (QED) is 0.180. The fourth-order valence-electron chi connectivity index (χ4n) is 3.84. The summed E-state index contributed by atoms with van der Waals surface area (Å²) in [6, 6.07) is 27.3. The van der Waals surface area contributed by atoms with Crippen LogP contribution >= 0.6 is 0 Å².